The van der Waals surface area contributed by atoms with E-state index in [0.29, 0.717) is 12.6 Å². The molecule has 5 heteroatoms. The summed E-state index contributed by atoms with van der Waals surface area (Å²) < 4.78 is 0. The second kappa shape index (κ2) is 6.30. The third-order valence-electron chi connectivity index (χ3n) is 3.69. The fraction of sp³-hybridized carbons (Fsp3) is 1.00. The van der Waals surface area contributed by atoms with Crippen LogP contribution in [-0.2, 0) is 0 Å². The smallest absolute Gasteiger partial charge is 0.0425 e. The van der Waals surface area contributed by atoms with Gasteiger partial charge in [-0.1, -0.05) is 0 Å². The van der Waals surface area contributed by atoms with Gasteiger partial charge in [0.15, 0.2) is 0 Å². The van der Waals surface area contributed by atoms with Gasteiger partial charge in [0.2, 0.25) is 0 Å². The molecule has 0 saturated carbocycles. The van der Waals surface area contributed by atoms with E-state index < -0.39 is 0 Å². The maximum Gasteiger partial charge on any atom is 0.0425 e. The van der Waals surface area contributed by atoms with Gasteiger partial charge in [-0.05, 0) is 40.5 Å². The van der Waals surface area contributed by atoms with Crippen LogP contribution in [0.15, 0.2) is 0 Å². The largest absolute Gasteiger partial charge is 0.329 e. The minimum atomic E-state index is -0.176. The Kier molecular flexibility index (Phi) is 5.55. The van der Waals surface area contributed by atoms with Crippen molar-refractivity contribution in [3.63, 3.8) is 0 Å². The minimum absolute atomic E-state index is 0.176. The second-order valence-corrected chi connectivity index (χ2v) is 6.53. The summed E-state index contributed by atoms with van der Waals surface area (Å²) in [5.74, 6) is 0. The number of rotatable bonds is 6. The van der Waals surface area contributed by atoms with Crippen LogP contribution >= 0.6 is 0 Å². The first kappa shape index (κ1) is 15.9. The van der Waals surface area contributed by atoms with E-state index in [-0.39, 0.29) is 11.1 Å². The molecule has 0 bridgehead atoms. The van der Waals surface area contributed by atoms with Crippen LogP contribution in [0.2, 0.25) is 0 Å². The number of nitrogens with two attached hydrogens (primary N) is 1. The van der Waals surface area contributed by atoms with Crippen LogP contribution < -0.4 is 16.4 Å². The molecule has 5 nitrogen and oxygen atoms in total. The minimum Gasteiger partial charge on any atom is -0.329 e. The van der Waals surface area contributed by atoms with Crippen LogP contribution in [0.25, 0.3) is 0 Å². The molecule has 0 aromatic rings. The highest BCUT2D eigenvalue weighted by Gasteiger charge is 2.44. The van der Waals surface area contributed by atoms with Crippen molar-refractivity contribution in [3.8, 4) is 0 Å². The van der Waals surface area contributed by atoms with Crippen molar-refractivity contribution in [1.82, 2.24) is 15.7 Å². The van der Waals surface area contributed by atoms with Crippen molar-refractivity contribution in [1.29, 1.82) is 0 Å². The Hall–Kier alpha value is -0.200. The molecule has 18 heavy (non-hydrogen) atoms. The fourth-order valence-corrected chi connectivity index (χ4v) is 3.01. The maximum absolute atomic E-state index is 10.2. The lowest BCUT2D eigenvalue weighted by atomic mass is 9.79. The van der Waals surface area contributed by atoms with E-state index in [0.717, 1.165) is 32.5 Å². The summed E-state index contributed by atoms with van der Waals surface area (Å²) in [6.07, 6.45) is 1.92. The van der Waals surface area contributed by atoms with Crippen LogP contribution in [-0.4, -0.2) is 53.6 Å². The van der Waals surface area contributed by atoms with Gasteiger partial charge in [-0.15, -0.1) is 0 Å². The standard InChI is InChI=1S/C13H30N4O/c1-12(2)9-11(10-13(3,4)17(12)18)16-8-7-15-6-5-14/h11,15-16,18H,5-10,14H2,1-4H3. The molecule has 0 aromatic heterocycles. The van der Waals surface area contributed by atoms with Crippen molar-refractivity contribution in [2.75, 3.05) is 26.2 Å². The number of nitrogens with one attached hydrogen (secondary N) is 2. The topological polar surface area (TPSA) is 73.5 Å². The molecule has 0 amide bonds. The fourth-order valence-electron chi connectivity index (χ4n) is 3.01. The molecule has 0 atom stereocenters. The summed E-state index contributed by atoms with van der Waals surface area (Å²) in [6, 6.07) is 0.457. The summed E-state index contributed by atoms with van der Waals surface area (Å²) in [4.78, 5) is 0. The SMILES string of the molecule is CC1(C)CC(NCCNCCN)CC(C)(C)N1O. The van der Waals surface area contributed by atoms with Gasteiger partial charge in [0.1, 0.15) is 0 Å². The quantitative estimate of drug-likeness (QED) is 0.523. The van der Waals surface area contributed by atoms with E-state index in [1.165, 1.54) is 5.06 Å². The maximum atomic E-state index is 10.2. The van der Waals surface area contributed by atoms with Gasteiger partial charge in [-0.3, -0.25) is 0 Å². The predicted octanol–water partition coefficient (Wildman–Crippen LogP) is 0.535. The molecule has 0 spiro atoms. The van der Waals surface area contributed by atoms with Crippen LogP contribution in [0.5, 0.6) is 0 Å². The molecule has 0 aromatic carbocycles. The first-order valence-electron chi connectivity index (χ1n) is 6.93. The Morgan fingerprint density at radius 1 is 1.11 bits per heavy atom. The molecule has 1 aliphatic rings. The van der Waals surface area contributed by atoms with Gasteiger partial charge in [0, 0.05) is 43.3 Å². The molecule has 1 fully saturated rings. The van der Waals surface area contributed by atoms with Crippen molar-refractivity contribution in [2.45, 2.75) is 57.7 Å². The third-order valence-corrected chi connectivity index (χ3v) is 3.69. The van der Waals surface area contributed by atoms with Crippen LogP contribution in [0.4, 0.5) is 0 Å². The number of hydroxylamine groups is 2. The Morgan fingerprint density at radius 3 is 2.17 bits per heavy atom. The van der Waals surface area contributed by atoms with Gasteiger partial charge in [0.25, 0.3) is 0 Å². The third kappa shape index (κ3) is 4.17. The molecule has 1 heterocycles. The predicted molar refractivity (Wildman–Crippen MR) is 74.7 cm³/mol. The highest BCUT2D eigenvalue weighted by Crippen LogP contribution is 2.36. The Labute approximate surface area is 111 Å². The van der Waals surface area contributed by atoms with Gasteiger partial charge < -0.3 is 21.6 Å². The molecular formula is C13H30N4O. The molecule has 0 unspecified atom stereocenters. The molecule has 1 aliphatic heterocycles. The number of nitrogens with zero attached hydrogens (tertiary/aromatic N) is 1. The van der Waals surface area contributed by atoms with E-state index in [1.807, 2.05) is 0 Å². The molecular weight excluding hydrogens is 228 g/mol. The van der Waals surface area contributed by atoms with E-state index in [9.17, 15) is 5.21 Å². The van der Waals surface area contributed by atoms with E-state index in [1.54, 1.807) is 0 Å². The van der Waals surface area contributed by atoms with E-state index in [4.69, 9.17) is 5.73 Å². The normalized spacial score (nSPS) is 24.3. The lowest BCUT2D eigenvalue weighted by Gasteiger charge is -2.51. The second-order valence-electron chi connectivity index (χ2n) is 6.53. The molecule has 0 radical (unpaired) electrons. The number of piperidine rings is 1. The molecule has 0 aliphatic carbocycles. The molecule has 1 saturated heterocycles. The Morgan fingerprint density at radius 2 is 1.67 bits per heavy atom. The Balaban J connectivity index is 2.39. The van der Waals surface area contributed by atoms with Gasteiger partial charge in [-0.2, -0.15) is 5.06 Å². The summed E-state index contributed by atoms with van der Waals surface area (Å²) in [5, 5.41) is 18.6. The first-order valence-corrected chi connectivity index (χ1v) is 6.93. The molecule has 1 rings (SSSR count). The average Bonchev–Trinajstić information content (AvgIpc) is 2.25. The zero-order chi connectivity index (χ0) is 13.8. The van der Waals surface area contributed by atoms with Gasteiger partial charge >= 0.3 is 0 Å². The highest BCUT2D eigenvalue weighted by molar-refractivity contribution is 4.98. The van der Waals surface area contributed by atoms with Crippen molar-refractivity contribution in [3.05, 3.63) is 0 Å². The van der Waals surface area contributed by atoms with Crippen molar-refractivity contribution in [2.24, 2.45) is 5.73 Å². The summed E-state index contributed by atoms with van der Waals surface area (Å²) in [7, 11) is 0. The van der Waals surface area contributed by atoms with E-state index >= 15 is 0 Å². The van der Waals surface area contributed by atoms with Crippen LogP contribution in [0.1, 0.15) is 40.5 Å². The lowest BCUT2D eigenvalue weighted by Crippen LogP contribution is -2.62. The number of hydrogen-bond donors (Lipinski definition) is 4. The zero-order valence-electron chi connectivity index (χ0n) is 12.3. The first-order chi connectivity index (χ1) is 8.29. The lowest BCUT2D eigenvalue weighted by molar-refractivity contribution is -0.246. The van der Waals surface area contributed by atoms with Gasteiger partial charge in [-0.25, -0.2) is 0 Å². The number of hydrogen-bond acceptors (Lipinski definition) is 5. The van der Waals surface area contributed by atoms with Crippen LogP contribution in [0, 0.1) is 0 Å². The Bertz CT molecular complexity index is 237. The average molecular weight is 258 g/mol. The summed E-state index contributed by atoms with van der Waals surface area (Å²) >= 11 is 0. The van der Waals surface area contributed by atoms with Crippen LogP contribution in [0.3, 0.4) is 0 Å². The van der Waals surface area contributed by atoms with E-state index in [2.05, 4.69) is 38.3 Å². The molecule has 108 valence electrons. The monoisotopic (exact) mass is 258 g/mol. The zero-order valence-corrected chi connectivity index (χ0v) is 12.3. The van der Waals surface area contributed by atoms with Gasteiger partial charge in [0.05, 0.1) is 0 Å². The summed E-state index contributed by atoms with van der Waals surface area (Å²) in [5.41, 5.74) is 5.07. The highest BCUT2D eigenvalue weighted by atomic mass is 16.5. The van der Waals surface area contributed by atoms with Crippen molar-refractivity contribution < 1.29 is 5.21 Å². The van der Waals surface area contributed by atoms with Crippen molar-refractivity contribution >= 4 is 0 Å². The summed E-state index contributed by atoms with van der Waals surface area (Å²) in [6.45, 7) is 11.8. The molecule has 5 N–H and O–H groups in total.